The summed E-state index contributed by atoms with van der Waals surface area (Å²) in [5, 5.41) is 10.3. The molecule has 0 aliphatic carbocycles. The molecule has 1 aromatic heterocycles. The number of anilines is 1. The summed E-state index contributed by atoms with van der Waals surface area (Å²) in [4.78, 5) is 11.6. The number of carbonyl (C=O) groups excluding carboxylic acids is 1. The van der Waals surface area contributed by atoms with E-state index in [1.165, 1.54) is 0 Å². The highest BCUT2D eigenvalue weighted by atomic mass is 16.5. The molecule has 0 aliphatic rings. The summed E-state index contributed by atoms with van der Waals surface area (Å²) in [5.74, 6) is 1.04. The summed E-state index contributed by atoms with van der Waals surface area (Å²) in [5.41, 5.74) is 0.778. The zero-order valence-electron chi connectivity index (χ0n) is 12.3. The Labute approximate surface area is 123 Å². The van der Waals surface area contributed by atoms with Gasteiger partial charge in [0.15, 0.2) is 0 Å². The van der Waals surface area contributed by atoms with E-state index < -0.39 is 0 Å². The summed E-state index contributed by atoms with van der Waals surface area (Å²) < 4.78 is 10.8. The molecule has 112 valence electrons. The molecule has 0 saturated heterocycles. The van der Waals surface area contributed by atoms with E-state index in [2.05, 4.69) is 15.5 Å². The van der Waals surface area contributed by atoms with Gasteiger partial charge in [-0.1, -0.05) is 18.4 Å². The zero-order valence-corrected chi connectivity index (χ0v) is 12.3. The lowest BCUT2D eigenvalue weighted by molar-refractivity contribution is -0.116. The Morgan fingerprint density at radius 2 is 2.00 bits per heavy atom. The Kier molecular flexibility index (Phi) is 5.31. The fourth-order valence-electron chi connectivity index (χ4n) is 1.77. The van der Waals surface area contributed by atoms with Crippen molar-refractivity contribution in [3.8, 4) is 17.2 Å². The Bertz CT molecular complexity index is 578. The van der Waals surface area contributed by atoms with Gasteiger partial charge in [-0.25, -0.2) is 0 Å². The van der Waals surface area contributed by atoms with Crippen LogP contribution in [0, 0.1) is 0 Å². The molecule has 0 aliphatic heterocycles. The van der Waals surface area contributed by atoms with Crippen LogP contribution in [0.5, 0.6) is 5.75 Å². The van der Waals surface area contributed by atoms with Crippen molar-refractivity contribution in [3.63, 3.8) is 0 Å². The van der Waals surface area contributed by atoms with E-state index in [0.717, 1.165) is 24.2 Å². The molecule has 0 bridgehead atoms. The van der Waals surface area contributed by atoms with E-state index in [-0.39, 0.29) is 11.9 Å². The third kappa shape index (κ3) is 4.30. The first-order chi connectivity index (χ1) is 10.2. The van der Waals surface area contributed by atoms with E-state index in [1.54, 1.807) is 0 Å². The fourth-order valence-corrected chi connectivity index (χ4v) is 1.77. The van der Waals surface area contributed by atoms with Crippen LogP contribution in [0.3, 0.4) is 0 Å². The number of rotatable bonds is 7. The lowest BCUT2D eigenvalue weighted by atomic mass is 10.2. The van der Waals surface area contributed by atoms with Gasteiger partial charge in [-0.2, -0.15) is 0 Å². The van der Waals surface area contributed by atoms with E-state index in [1.807, 2.05) is 38.1 Å². The first kappa shape index (κ1) is 15.0. The second-order valence-electron chi connectivity index (χ2n) is 4.52. The molecule has 6 nitrogen and oxygen atoms in total. The minimum Gasteiger partial charge on any atom is -0.494 e. The number of benzene rings is 1. The molecule has 1 heterocycles. The summed E-state index contributed by atoms with van der Waals surface area (Å²) in [6, 6.07) is 7.47. The maximum absolute atomic E-state index is 11.6. The molecule has 2 rings (SSSR count). The molecule has 0 atom stereocenters. The van der Waals surface area contributed by atoms with Crippen LogP contribution < -0.4 is 10.1 Å². The molecule has 6 heteroatoms. The summed E-state index contributed by atoms with van der Waals surface area (Å²) in [6.45, 7) is 4.58. The van der Waals surface area contributed by atoms with E-state index in [9.17, 15) is 4.79 Å². The van der Waals surface area contributed by atoms with E-state index in [0.29, 0.717) is 18.9 Å². The Morgan fingerprint density at radius 1 is 1.24 bits per heavy atom. The predicted molar refractivity (Wildman–Crippen MR) is 79.1 cm³/mol. The van der Waals surface area contributed by atoms with Gasteiger partial charge >= 0.3 is 6.01 Å². The number of nitrogens with one attached hydrogen (secondary N) is 1. The van der Waals surface area contributed by atoms with Gasteiger partial charge in [0.25, 0.3) is 0 Å². The molecule has 21 heavy (non-hydrogen) atoms. The second-order valence-corrected chi connectivity index (χ2v) is 4.52. The second kappa shape index (κ2) is 7.42. The number of aromatic nitrogens is 2. The molecule has 0 unspecified atom stereocenters. The van der Waals surface area contributed by atoms with Crippen molar-refractivity contribution >= 4 is 11.9 Å². The highest BCUT2D eigenvalue weighted by Crippen LogP contribution is 2.22. The minimum atomic E-state index is -0.112. The summed E-state index contributed by atoms with van der Waals surface area (Å²) in [7, 11) is 0. The first-order valence-corrected chi connectivity index (χ1v) is 7.09. The van der Waals surface area contributed by atoms with Crippen LogP contribution in [0.4, 0.5) is 6.01 Å². The van der Waals surface area contributed by atoms with Crippen molar-refractivity contribution in [1.29, 1.82) is 0 Å². The smallest absolute Gasteiger partial charge is 0.322 e. The van der Waals surface area contributed by atoms with Crippen molar-refractivity contribution < 1.29 is 13.9 Å². The molecular weight excluding hydrogens is 270 g/mol. The molecule has 1 amide bonds. The Morgan fingerprint density at radius 3 is 2.67 bits per heavy atom. The maximum atomic E-state index is 11.6. The molecule has 1 N–H and O–H groups in total. The van der Waals surface area contributed by atoms with Crippen LogP contribution in [0.15, 0.2) is 28.7 Å². The molecule has 0 radical (unpaired) electrons. The first-order valence-electron chi connectivity index (χ1n) is 7.09. The zero-order chi connectivity index (χ0) is 15.1. The van der Waals surface area contributed by atoms with Gasteiger partial charge in [-0.05, 0) is 37.6 Å². The number of nitrogens with zero attached hydrogens (tertiary/aromatic N) is 2. The average molecular weight is 289 g/mol. The van der Waals surface area contributed by atoms with Crippen molar-refractivity contribution in [2.45, 2.75) is 33.1 Å². The Hall–Kier alpha value is -2.37. The lowest BCUT2D eigenvalue weighted by Gasteiger charge is -2.02. The standard InChI is InChI=1S/C15H19N3O3/c1-3-5-6-13(19)16-15-18-17-14(21-15)11-7-9-12(10-8-11)20-4-2/h7-10H,3-6H2,1-2H3,(H,16,18,19). The predicted octanol–water partition coefficient (Wildman–Crippen LogP) is 3.26. The van der Waals surface area contributed by atoms with Gasteiger partial charge in [-0.3, -0.25) is 10.1 Å². The van der Waals surface area contributed by atoms with Crippen LogP contribution in [0.1, 0.15) is 33.1 Å². The quantitative estimate of drug-likeness (QED) is 0.846. The fraction of sp³-hybridized carbons (Fsp3) is 0.400. The third-order valence-corrected chi connectivity index (χ3v) is 2.84. The van der Waals surface area contributed by atoms with Gasteiger partial charge in [0.05, 0.1) is 6.61 Å². The number of amides is 1. The van der Waals surface area contributed by atoms with Crippen molar-refractivity contribution in [3.05, 3.63) is 24.3 Å². The van der Waals surface area contributed by atoms with Crippen LogP contribution in [-0.4, -0.2) is 22.7 Å². The number of hydrogen-bond donors (Lipinski definition) is 1. The van der Waals surface area contributed by atoms with Gasteiger partial charge in [0.2, 0.25) is 11.8 Å². The van der Waals surface area contributed by atoms with Gasteiger partial charge in [-0.15, -0.1) is 5.10 Å². The molecule has 2 aromatic rings. The van der Waals surface area contributed by atoms with Crippen LogP contribution in [0.25, 0.3) is 11.5 Å². The average Bonchev–Trinajstić information content (AvgIpc) is 2.94. The molecule has 1 aromatic carbocycles. The number of unbranched alkanes of at least 4 members (excludes halogenated alkanes) is 1. The van der Waals surface area contributed by atoms with Crippen molar-refractivity contribution in [1.82, 2.24) is 10.2 Å². The minimum absolute atomic E-state index is 0.112. The van der Waals surface area contributed by atoms with E-state index in [4.69, 9.17) is 9.15 Å². The third-order valence-electron chi connectivity index (χ3n) is 2.84. The molecule has 0 fully saturated rings. The van der Waals surface area contributed by atoms with Crippen molar-refractivity contribution in [2.24, 2.45) is 0 Å². The molecular formula is C15H19N3O3. The lowest BCUT2D eigenvalue weighted by Crippen LogP contribution is -2.11. The van der Waals surface area contributed by atoms with Gasteiger partial charge in [0.1, 0.15) is 5.75 Å². The van der Waals surface area contributed by atoms with Crippen LogP contribution >= 0.6 is 0 Å². The topological polar surface area (TPSA) is 77.2 Å². The number of ether oxygens (including phenoxy) is 1. The number of hydrogen-bond acceptors (Lipinski definition) is 5. The molecule has 0 saturated carbocycles. The largest absolute Gasteiger partial charge is 0.494 e. The van der Waals surface area contributed by atoms with Crippen molar-refractivity contribution in [2.75, 3.05) is 11.9 Å². The summed E-state index contributed by atoms with van der Waals surface area (Å²) >= 11 is 0. The van der Waals surface area contributed by atoms with Gasteiger partial charge in [0, 0.05) is 12.0 Å². The highest BCUT2D eigenvalue weighted by molar-refractivity contribution is 5.88. The van der Waals surface area contributed by atoms with E-state index >= 15 is 0 Å². The monoisotopic (exact) mass is 289 g/mol. The highest BCUT2D eigenvalue weighted by Gasteiger charge is 2.11. The summed E-state index contributed by atoms with van der Waals surface area (Å²) in [6.07, 6.45) is 2.26. The maximum Gasteiger partial charge on any atom is 0.322 e. The molecule has 0 spiro atoms. The SMILES string of the molecule is CCCCC(=O)Nc1nnc(-c2ccc(OCC)cc2)o1. The van der Waals surface area contributed by atoms with Crippen LogP contribution in [-0.2, 0) is 4.79 Å². The number of carbonyl (C=O) groups is 1. The van der Waals surface area contributed by atoms with Crippen LogP contribution in [0.2, 0.25) is 0 Å². The Balaban J connectivity index is 2.00. The van der Waals surface area contributed by atoms with Gasteiger partial charge < -0.3 is 9.15 Å². The normalized spacial score (nSPS) is 10.4.